The smallest absolute Gasteiger partial charge is 0.407 e. The second kappa shape index (κ2) is 7.89. The fourth-order valence-electron chi connectivity index (χ4n) is 0.950. The molecule has 0 fully saturated rings. The Morgan fingerprint density at radius 1 is 1.31 bits per heavy atom. The van der Waals surface area contributed by atoms with Gasteiger partial charge in [0.1, 0.15) is 6.10 Å². The van der Waals surface area contributed by atoms with E-state index >= 15 is 0 Å². The molecule has 0 aromatic heterocycles. The molecule has 0 saturated heterocycles. The highest BCUT2D eigenvalue weighted by atomic mass is 16.6. The predicted octanol–water partition coefficient (Wildman–Crippen LogP) is -1.41. The first-order valence-corrected chi connectivity index (χ1v) is 4.92. The Morgan fingerprint density at radius 2 is 1.88 bits per heavy atom. The molecule has 0 aliphatic carbocycles. The summed E-state index contributed by atoms with van der Waals surface area (Å²) < 4.78 is 4.65. The van der Waals surface area contributed by atoms with Gasteiger partial charge in [-0.05, 0) is 6.92 Å². The van der Waals surface area contributed by atoms with E-state index in [0.29, 0.717) is 0 Å². The Labute approximate surface area is 93.8 Å². The zero-order valence-electron chi connectivity index (χ0n) is 9.40. The minimum Gasteiger partial charge on any atom is -0.441 e. The number of ether oxygens (including phenoxy) is 1. The highest BCUT2D eigenvalue weighted by molar-refractivity contribution is 5.77. The standard InChI is InChI=1S/C9H18N2O5/c1-6(3-8(14)10-2)11-9(15)16-7(4-12)5-13/h6-7,12-13H,3-5H2,1-2H3,(H,10,14)(H,11,15). The van der Waals surface area contributed by atoms with Crippen LogP contribution in [-0.4, -0.2) is 54.6 Å². The van der Waals surface area contributed by atoms with Crippen LogP contribution in [0, 0.1) is 0 Å². The van der Waals surface area contributed by atoms with E-state index in [1.807, 2.05) is 0 Å². The Bertz CT molecular complexity index is 230. The van der Waals surface area contributed by atoms with Crippen LogP contribution in [0.4, 0.5) is 4.79 Å². The molecule has 0 aliphatic heterocycles. The van der Waals surface area contributed by atoms with E-state index in [0.717, 1.165) is 0 Å². The lowest BCUT2D eigenvalue weighted by atomic mass is 10.2. The average molecular weight is 234 g/mol. The first kappa shape index (κ1) is 14.7. The molecular formula is C9H18N2O5. The van der Waals surface area contributed by atoms with E-state index < -0.39 is 25.4 Å². The van der Waals surface area contributed by atoms with Crippen molar-refractivity contribution in [3.63, 3.8) is 0 Å². The summed E-state index contributed by atoms with van der Waals surface area (Å²) in [4.78, 5) is 22.1. The first-order valence-electron chi connectivity index (χ1n) is 4.92. The third-order valence-corrected chi connectivity index (χ3v) is 1.82. The van der Waals surface area contributed by atoms with Crippen molar-refractivity contribution >= 4 is 12.0 Å². The molecule has 0 spiro atoms. The molecule has 16 heavy (non-hydrogen) atoms. The van der Waals surface area contributed by atoms with Crippen LogP contribution in [0.25, 0.3) is 0 Å². The summed E-state index contributed by atoms with van der Waals surface area (Å²) in [6.07, 6.45) is -1.58. The summed E-state index contributed by atoms with van der Waals surface area (Å²) in [5.41, 5.74) is 0. The summed E-state index contributed by atoms with van der Waals surface area (Å²) in [7, 11) is 1.50. The summed E-state index contributed by atoms with van der Waals surface area (Å²) in [5, 5.41) is 22.1. The number of hydrogen-bond acceptors (Lipinski definition) is 5. The van der Waals surface area contributed by atoms with Gasteiger partial charge >= 0.3 is 6.09 Å². The van der Waals surface area contributed by atoms with Crippen LogP contribution in [0.3, 0.4) is 0 Å². The van der Waals surface area contributed by atoms with Crippen molar-refractivity contribution in [1.29, 1.82) is 0 Å². The summed E-state index contributed by atoms with van der Waals surface area (Å²) in [5.74, 6) is -0.200. The number of aliphatic hydroxyl groups is 2. The molecule has 1 atom stereocenters. The molecule has 7 nitrogen and oxygen atoms in total. The molecular weight excluding hydrogens is 216 g/mol. The van der Waals surface area contributed by atoms with Crippen LogP contribution >= 0.6 is 0 Å². The lowest BCUT2D eigenvalue weighted by Gasteiger charge is -2.16. The van der Waals surface area contributed by atoms with Crippen LogP contribution in [0.1, 0.15) is 13.3 Å². The molecule has 0 bridgehead atoms. The third kappa shape index (κ3) is 6.20. The van der Waals surface area contributed by atoms with Crippen molar-refractivity contribution in [2.24, 2.45) is 0 Å². The van der Waals surface area contributed by atoms with E-state index in [9.17, 15) is 9.59 Å². The minimum absolute atomic E-state index is 0.133. The molecule has 0 heterocycles. The third-order valence-electron chi connectivity index (χ3n) is 1.82. The Morgan fingerprint density at radius 3 is 2.31 bits per heavy atom. The average Bonchev–Trinajstić information content (AvgIpc) is 2.25. The Hall–Kier alpha value is -1.34. The largest absolute Gasteiger partial charge is 0.441 e. The lowest BCUT2D eigenvalue weighted by molar-refractivity contribution is -0.120. The maximum atomic E-state index is 11.2. The van der Waals surface area contributed by atoms with Crippen LogP contribution < -0.4 is 10.6 Å². The van der Waals surface area contributed by atoms with Gasteiger partial charge in [0.25, 0.3) is 0 Å². The van der Waals surface area contributed by atoms with Crippen LogP contribution in [0.15, 0.2) is 0 Å². The van der Waals surface area contributed by atoms with Gasteiger partial charge < -0.3 is 25.6 Å². The zero-order valence-corrected chi connectivity index (χ0v) is 9.40. The van der Waals surface area contributed by atoms with Crippen molar-refractivity contribution in [3.8, 4) is 0 Å². The van der Waals surface area contributed by atoms with Crippen molar-refractivity contribution in [2.45, 2.75) is 25.5 Å². The maximum Gasteiger partial charge on any atom is 0.407 e. The monoisotopic (exact) mass is 234 g/mol. The first-order chi connectivity index (χ1) is 7.53. The van der Waals surface area contributed by atoms with E-state index in [1.54, 1.807) is 6.92 Å². The second-order valence-corrected chi connectivity index (χ2v) is 3.32. The van der Waals surface area contributed by atoms with Crippen molar-refractivity contribution in [2.75, 3.05) is 20.3 Å². The second-order valence-electron chi connectivity index (χ2n) is 3.32. The highest BCUT2D eigenvalue weighted by Crippen LogP contribution is 1.94. The van der Waals surface area contributed by atoms with E-state index in [-0.39, 0.29) is 18.4 Å². The molecule has 1 unspecified atom stereocenters. The normalized spacial score (nSPS) is 12.1. The summed E-state index contributed by atoms with van der Waals surface area (Å²) in [6.45, 7) is 0.741. The molecule has 0 rings (SSSR count). The quantitative estimate of drug-likeness (QED) is 0.451. The molecule has 0 radical (unpaired) electrons. The fourth-order valence-corrected chi connectivity index (χ4v) is 0.950. The van der Waals surface area contributed by atoms with Crippen molar-refractivity contribution in [1.82, 2.24) is 10.6 Å². The number of rotatable bonds is 6. The van der Waals surface area contributed by atoms with Gasteiger partial charge in [-0.15, -0.1) is 0 Å². The molecule has 0 aromatic rings. The van der Waals surface area contributed by atoms with Gasteiger partial charge in [-0.1, -0.05) is 0 Å². The number of carbonyl (C=O) groups excluding carboxylic acids is 2. The van der Waals surface area contributed by atoms with Gasteiger partial charge in [0.05, 0.1) is 13.2 Å². The molecule has 4 N–H and O–H groups in total. The highest BCUT2D eigenvalue weighted by Gasteiger charge is 2.15. The maximum absolute atomic E-state index is 11.2. The van der Waals surface area contributed by atoms with Gasteiger partial charge in [-0.3, -0.25) is 4.79 Å². The number of carbonyl (C=O) groups is 2. The van der Waals surface area contributed by atoms with Gasteiger partial charge in [0.2, 0.25) is 5.91 Å². The molecule has 0 aliphatic rings. The van der Waals surface area contributed by atoms with Crippen molar-refractivity contribution in [3.05, 3.63) is 0 Å². The van der Waals surface area contributed by atoms with E-state index in [2.05, 4.69) is 15.4 Å². The molecule has 2 amide bonds. The van der Waals surface area contributed by atoms with Gasteiger partial charge in [-0.2, -0.15) is 0 Å². The SMILES string of the molecule is CNC(=O)CC(C)NC(=O)OC(CO)CO. The molecule has 0 saturated carbocycles. The van der Waals surface area contributed by atoms with Gasteiger partial charge in [0, 0.05) is 19.5 Å². The predicted molar refractivity (Wildman–Crippen MR) is 55.7 cm³/mol. The number of alkyl carbamates (subject to hydrolysis) is 1. The topological polar surface area (TPSA) is 108 Å². The molecule has 0 aromatic carbocycles. The lowest BCUT2D eigenvalue weighted by Crippen LogP contribution is -2.39. The van der Waals surface area contributed by atoms with Crippen LogP contribution in [-0.2, 0) is 9.53 Å². The number of hydrogen-bond donors (Lipinski definition) is 4. The number of nitrogens with one attached hydrogen (secondary N) is 2. The van der Waals surface area contributed by atoms with E-state index in [4.69, 9.17) is 10.2 Å². The number of amides is 2. The summed E-state index contributed by atoms with van der Waals surface area (Å²) in [6, 6.07) is -0.384. The van der Waals surface area contributed by atoms with Crippen LogP contribution in [0.2, 0.25) is 0 Å². The van der Waals surface area contributed by atoms with E-state index in [1.165, 1.54) is 7.05 Å². The summed E-state index contributed by atoms with van der Waals surface area (Å²) >= 11 is 0. The van der Waals surface area contributed by atoms with Gasteiger partial charge in [-0.25, -0.2) is 4.79 Å². The zero-order chi connectivity index (χ0) is 12.6. The Kier molecular flexibility index (Phi) is 7.23. The van der Waals surface area contributed by atoms with Gasteiger partial charge in [0.15, 0.2) is 0 Å². The minimum atomic E-state index is -0.938. The van der Waals surface area contributed by atoms with Crippen molar-refractivity contribution < 1.29 is 24.5 Å². The molecule has 7 heteroatoms. The van der Waals surface area contributed by atoms with Crippen LogP contribution in [0.5, 0.6) is 0 Å². The molecule has 94 valence electrons. The number of aliphatic hydroxyl groups excluding tert-OH is 2. The fraction of sp³-hybridized carbons (Fsp3) is 0.778. The Balaban J connectivity index is 3.90.